The number of amides is 1. The Bertz CT molecular complexity index is 926. The summed E-state index contributed by atoms with van der Waals surface area (Å²) < 4.78 is 7.64. The Morgan fingerprint density at radius 1 is 1.18 bits per heavy atom. The minimum absolute atomic E-state index is 0.0667. The molecule has 144 valence electrons. The maximum Gasteiger partial charge on any atom is 0.268 e. The third-order valence-corrected chi connectivity index (χ3v) is 5.13. The van der Waals surface area contributed by atoms with Crippen molar-refractivity contribution < 1.29 is 9.53 Å². The van der Waals surface area contributed by atoms with Crippen molar-refractivity contribution in [1.82, 2.24) is 14.9 Å². The highest BCUT2D eigenvalue weighted by Crippen LogP contribution is 2.23. The van der Waals surface area contributed by atoms with Gasteiger partial charge in [-0.15, -0.1) is 0 Å². The monoisotopic (exact) mass is 375 g/mol. The fourth-order valence-corrected chi connectivity index (χ4v) is 3.53. The van der Waals surface area contributed by atoms with Crippen LogP contribution in [0, 0.1) is 6.92 Å². The maximum absolute atomic E-state index is 12.9. The lowest BCUT2D eigenvalue weighted by Gasteiger charge is -2.13. The number of hydrogen-bond donors (Lipinski definition) is 1. The average Bonchev–Trinajstić information content (AvgIpc) is 3.39. The first-order chi connectivity index (χ1) is 13.7. The number of carbonyl (C=O) groups excluding carboxylic acids is 1. The molecule has 1 N–H and O–H groups in total. The summed E-state index contributed by atoms with van der Waals surface area (Å²) in [7, 11) is 0. The molecule has 1 amide bonds. The van der Waals surface area contributed by atoms with Gasteiger partial charge in [0.05, 0.1) is 6.10 Å². The maximum atomic E-state index is 12.9. The molecule has 1 aliphatic rings. The zero-order valence-corrected chi connectivity index (χ0v) is 16.1. The van der Waals surface area contributed by atoms with Crippen LogP contribution in [0.25, 0.3) is 11.1 Å². The molecule has 1 unspecified atom stereocenters. The SMILES string of the molecule is Cc1ccc(Cn2cc(-c3ccncc3)cc2C(=O)NCC2CCCO2)cc1. The van der Waals surface area contributed by atoms with Crippen LogP contribution in [0.5, 0.6) is 0 Å². The van der Waals surface area contributed by atoms with Gasteiger partial charge < -0.3 is 14.6 Å². The van der Waals surface area contributed by atoms with E-state index in [-0.39, 0.29) is 12.0 Å². The topological polar surface area (TPSA) is 56.2 Å². The van der Waals surface area contributed by atoms with E-state index in [9.17, 15) is 4.79 Å². The van der Waals surface area contributed by atoms with Crippen molar-refractivity contribution in [1.29, 1.82) is 0 Å². The van der Waals surface area contributed by atoms with Gasteiger partial charge in [0.1, 0.15) is 5.69 Å². The molecule has 4 rings (SSSR count). The van der Waals surface area contributed by atoms with E-state index in [0.717, 1.165) is 36.1 Å². The first kappa shape index (κ1) is 18.4. The molecule has 5 nitrogen and oxygen atoms in total. The zero-order valence-electron chi connectivity index (χ0n) is 16.1. The summed E-state index contributed by atoms with van der Waals surface area (Å²) in [5, 5.41) is 3.04. The number of hydrogen-bond acceptors (Lipinski definition) is 3. The van der Waals surface area contributed by atoms with E-state index in [1.165, 1.54) is 5.56 Å². The van der Waals surface area contributed by atoms with Crippen LogP contribution in [-0.4, -0.2) is 34.7 Å². The van der Waals surface area contributed by atoms with Gasteiger partial charge in [0.2, 0.25) is 0 Å². The van der Waals surface area contributed by atoms with Gasteiger partial charge in [-0.2, -0.15) is 0 Å². The Labute approximate surface area is 165 Å². The molecule has 1 fully saturated rings. The number of benzene rings is 1. The molecule has 1 saturated heterocycles. The second kappa shape index (κ2) is 8.40. The Morgan fingerprint density at radius 3 is 2.68 bits per heavy atom. The van der Waals surface area contributed by atoms with Crippen LogP contribution in [0.4, 0.5) is 0 Å². The summed E-state index contributed by atoms with van der Waals surface area (Å²) in [5.74, 6) is -0.0667. The fraction of sp³-hybridized carbons (Fsp3) is 0.304. The number of rotatable bonds is 6. The van der Waals surface area contributed by atoms with Crippen molar-refractivity contribution in [3.8, 4) is 11.1 Å². The standard InChI is InChI=1S/C23H25N3O2/c1-17-4-6-18(7-5-17)15-26-16-20(19-8-10-24-11-9-19)13-22(26)23(27)25-14-21-3-2-12-28-21/h4-11,13,16,21H,2-3,12,14-15H2,1H3,(H,25,27). The van der Waals surface area contributed by atoms with E-state index < -0.39 is 0 Å². The minimum Gasteiger partial charge on any atom is -0.376 e. The highest BCUT2D eigenvalue weighted by Gasteiger charge is 2.19. The van der Waals surface area contributed by atoms with E-state index in [0.29, 0.717) is 18.8 Å². The molecule has 0 radical (unpaired) electrons. The first-order valence-corrected chi connectivity index (χ1v) is 9.75. The van der Waals surface area contributed by atoms with Crippen molar-refractivity contribution in [3.05, 3.63) is 77.9 Å². The van der Waals surface area contributed by atoms with Gasteiger partial charge in [0, 0.05) is 43.9 Å². The normalized spacial score (nSPS) is 16.2. The van der Waals surface area contributed by atoms with Crippen LogP contribution in [0.1, 0.15) is 34.5 Å². The van der Waals surface area contributed by atoms with Crippen molar-refractivity contribution in [2.45, 2.75) is 32.4 Å². The summed E-state index contributed by atoms with van der Waals surface area (Å²) in [5.41, 5.74) is 5.10. The number of carbonyl (C=O) groups is 1. The predicted octanol–water partition coefficient (Wildman–Crippen LogP) is 3.82. The molecule has 2 aromatic heterocycles. The van der Waals surface area contributed by atoms with E-state index in [4.69, 9.17) is 4.74 Å². The van der Waals surface area contributed by atoms with Gasteiger partial charge in [-0.25, -0.2) is 0 Å². The van der Waals surface area contributed by atoms with E-state index >= 15 is 0 Å². The Hall–Kier alpha value is -2.92. The molecule has 0 spiro atoms. The van der Waals surface area contributed by atoms with Crippen LogP contribution in [0.2, 0.25) is 0 Å². The van der Waals surface area contributed by atoms with E-state index in [1.54, 1.807) is 12.4 Å². The van der Waals surface area contributed by atoms with Crippen LogP contribution in [0.15, 0.2) is 61.1 Å². The fourth-order valence-electron chi connectivity index (χ4n) is 3.53. The van der Waals surface area contributed by atoms with Gasteiger partial charge >= 0.3 is 0 Å². The van der Waals surface area contributed by atoms with Gasteiger partial charge in [-0.1, -0.05) is 29.8 Å². The highest BCUT2D eigenvalue weighted by molar-refractivity contribution is 5.94. The smallest absolute Gasteiger partial charge is 0.268 e. The van der Waals surface area contributed by atoms with Gasteiger partial charge in [0.25, 0.3) is 5.91 Å². The van der Waals surface area contributed by atoms with Crippen molar-refractivity contribution in [2.24, 2.45) is 0 Å². The number of aryl methyl sites for hydroxylation is 1. The Kier molecular flexibility index (Phi) is 5.53. The summed E-state index contributed by atoms with van der Waals surface area (Å²) in [6.45, 7) is 4.06. The summed E-state index contributed by atoms with van der Waals surface area (Å²) in [4.78, 5) is 17.0. The first-order valence-electron chi connectivity index (χ1n) is 9.75. The zero-order chi connectivity index (χ0) is 19.3. The molecule has 3 heterocycles. The molecule has 0 bridgehead atoms. The molecule has 1 aromatic carbocycles. The second-order valence-electron chi connectivity index (χ2n) is 7.31. The molecule has 5 heteroatoms. The van der Waals surface area contributed by atoms with Crippen molar-refractivity contribution in [3.63, 3.8) is 0 Å². The summed E-state index contributed by atoms with van der Waals surface area (Å²) in [6.07, 6.45) is 7.77. The molecule has 1 aliphatic heterocycles. The molecule has 1 atom stereocenters. The van der Waals surface area contributed by atoms with Crippen LogP contribution < -0.4 is 5.32 Å². The van der Waals surface area contributed by atoms with E-state index in [1.807, 2.05) is 29.0 Å². The predicted molar refractivity (Wildman–Crippen MR) is 109 cm³/mol. The number of aromatic nitrogens is 2. The minimum atomic E-state index is -0.0667. The average molecular weight is 375 g/mol. The third-order valence-electron chi connectivity index (χ3n) is 5.13. The summed E-state index contributed by atoms with van der Waals surface area (Å²) >= 11 is 0. The van der Waals surface area contributed by atoms with E-state index in [2.05, 4.69) is 41.5 Å². The number of nitrogens with zero attached hydrogens (tertiary/aromatic N) is 2. The van der Waals surface area contributed by atoms with Gasteiger partial charge in [-0.05, 0) is 49.1 Å². The number of ether oxygens (including phenoxy) is 1. The van der Waals surface area contributed by atoms with Crippen LogP contribution in [-0.2, 0) is 11.3 Å². The Morgan fingerprint density at radius 2 is 1.96 bits per heavy atom. The Balaban J connectivity index is 1.59. The lowest BCUT2D eigenvalue weighted by molar-refractivity contribution is 0.0850. The van der Waals surface area contributed by atoms with Crippen LogP contribution >= 0.6 is 0 Å². The summed E-state index contributed by atoms with van der Waals surface area (Å²) in [6, 6.07) is 14.3. The van der Waals surface area contributed by atoms with Gasteiger partial charge in [0.15, 0.2) is 0 Å². The molecule has 0 saturated carbocycles. The van der Waals surface area contributed by atoms with Gasteiger partial charge in [-0.3, -0.25) is 9.78 Å². The second-order valence-corrected chi connectivity index (χ2v) is 7.31. The lowest BCUT2D eigenvalue weighted by atomic mass is 10.1. The van der Waals surface area contributed by atoms with Crippen molar-refractivity contribution in [2.75, 3.05) is 13.2 Å². The third kappa shape index (κ3) is 4.31. The number of pyridine rings is 1. The molecule has 0 aliphatic carbocycles. The quantitative estimate of drug-likeness (QED) is 0.713. The largest absolute Gasteiger partial charge is 0.376 e. The van der Waals surface area contributed by atoms with Crippen LogP contribution in [0.3, 0.4) is 0 Å². The molecule has 28 heavy (non-hydrogen) atoms. The number of nitrogens with one attached hydrogen (secondary N) is 1. The molecular weight excluding hydrogens is 350 g/mol. The highest BCUT2D eigenvalue weighted by atomic mass is 16.5. The molecular formula is C23H25N3O2. The lowest BCUT2D eigenvalue weighted by Crippen LogP contribution is -2.33. The van der Waals surface area contributed by atoms with Crippen molar-refractivity contribution >= 4 is 5.91 Å². The molecule has 3 aromatic rings.